The Morgan fingerprint density at radius 2 is 1.97 bits per heavy atom. The number of amides is 1. The lowest BCUT2D eigenvalue weighted by molar-refractivity contribution is 0.00440. The number of aryl methyl sites for hydroxylation is 1. The highest BCUT2D eigenvalue weighted by atomic mass is 16.5. The summed E-state index contributed by atoms with van der Waals surface area (Å²) in [7, 11) is 0. The average Bonchev–Trinajstić information content (AvgIpc) is 3.34. The molecule has 0 bridgehead atoms. The summed E-state index contributed by atoms with van der Waals surface area (Å²) in [6.07, 6.45) is 2.76. The lowest BCUT2D eigenvalue weighted by atomic mass is 10.1. The first-order chi connectivity index (χ1) is 16.1. The number of hydrogen-bond donors (Lipinski definition) is 2. The molecule has 1 fully saturated rings. The quantitative estimate of drug-likeness (QED) is 0.518. The Balaban J connectivity index is 1.20. The van der Waals surface area contributed by atoms with Crippen LogP contribution in [-0.2, 0) is 11.3 Å². The molecule has 4 rings (SSSR count). The Morgan fingerprint density at radius 3 is 2.67 bits per heavy atom. The van der Waals surface area contributed by atoms with Gasteiger partial charge in [-0.1, -0.05) is 18.2 Å². The van der Waals surface area contributed by atoms with E-state index in [0.717, 1.165) is 43.3 Å². The van der Waals surface area contributed by atoms with Gasteiger partial charge < -0.3 is 24.5 Å². The van der Waals surface area contributed by atoms with Crippen LogP contribution in [0.15, 0.2) is 65.4 Å². The van der Waals surface area contributed by atoms with Gasteiger partial charge in [0.15, 0.2) is 0 Å². The van der Waals surface area contributed by atoms with Gasteiger partial charge in [-0.15, -0.1) is 0 Å². The number of furan rings is 1. The number of ether oxygens (including phenoxy) is 1. The maximum absolute atomic E-state index is 12.5. The first-order valence-corrected chi connectivity index (χ1v) is 11.2. The highest BCUT2D eigenvalue weighted by Gasteiger charge is 2.20. The molecule has 0 spiro atoms. The number of aliphatic hydroxyl groups excluding tert-OH is 1. The molecule has 2 N–H and O–H groups in total. The number of carbonyl (C=O) groups excluding carboxylic acids is 1. The highest BCUT2D eigenvalue weighted by Crippen LogP contribution is 2.18. The van der Waals surface area contributed by atoms with Gasteiger partial charge in [-0.05, 0) is 42.8 Å². The third-order valence-electron chi connectivity index (χ3n) is 5.70. The Hall–Kier alpha value is -3.20. The smallest absolute Gasteiger partial charge is 0.255 e. The van der Waals surface area contributed by atoms with Gasteiger partial charge in [-0.3, -0.25) is 9.69 Å². The fraction of sp³-hybridized carbons (Fsp3) is 0.360. The standard InChI is InChI=1S/C25H30N4O4/c1-19-5-2-3-7-23(19)25(31)27-20-8-9-24(26-15-20)29-12-10-28(11-13-29)16-21(30)17-32-18-22-6-4-14-33-22/h2-9,14-15,21,30H,10-13,16-18H2,1H3,(H,27,31). The number of anilines is 2. The van der Waals surface area contributed by atoms with E-state index in [-0.39, 0.29) is 12.5 Å². The molecule has 1 saturated heterocycles. The fourth-order valence-corrected chi connectivity index (χ4v) is 3.87. The molecule has 1 aliphatic rings. The van der Waals surface area contributed by atoms with Gasteiger partial charge in [0, 0.05) is 38.3 Å². The first kappa shape index (κ1) is 23.0. The Labute approximate surface area is 193 Å². The van der Waals surface area contributed by atoms with Crippen LogP contribution in [0, 0.1) is 6.92 Å². The van der Waals surface area contributed by atoms with Gasteiger partial charge in [0.1, 0.15) is 18.2 Å². The van der Waals surface area contributed by atoms with Gasteiger partial charge in [0.2, 0.25) is 0 Å². The van der Waals surface area contributed by atoms with Crippen LogP contribution in [0.2, 0.25) is 0 Å². The second kappa shape index (κ2) is 11.1. The molecule has 1 aromatic carbocycles. The molecule has 1 amide bonds. The summed E-state index contributed by atoms with van der Waals surface area (Å²) < 4.78 is 10.7. The number of carbonyl (C=O) groups is 1. The van der Waals surface area contributed by atoms with Crippen LogP contribution in [0.1, 0.15) is 21.7 Å². The number of aromatic nitrogens is 1. The zero-order chi connectivity index (χ0) is 23.0. The molecule has 174 valence electrons. The van der Waals surface area contributed by atoms with E-state index >= 15 is 0 Å². The van der Waals surface area contributed by atoms with Gasteiger partial charge in [-0.2, -0.15) is 0 Å². The molecule has 1 unspecified atom stereocenters. The fourth-order valence-electron chi connectivity index (χ4n) is 3.87. The minimum Gasteiger partial charge on any atom is -0.467 e. The van der Waals surface area contributed by atoms with E-state index in [1.54, 1.807) is 12.5 Å². The van der Waals surface area contributed by atoms with Crippen molar-refractivity contribution in [1.82, 2.24) is 9.88 Å². The molecule has 2 aromatic heterocycles. The molecular formula is C25H30N4O4. The normalized spacial score (nSPS) is 15.4. The molecule has 0 radical (unpaired) electrons. The lowest BCUT2D eigenvalue weighted by Gasteiger charge is -2.36. The minimum atomic E-state index is -0.541. The van der Waals surface area contributed by atoms with Crippen LogP contribution in [-0.4, -0.2) is 66.3 Å². The van der Waals surface area contributed by atoms with Crippen LogP contribution in [0.5, 0.6) is 0 Å². The predicted molar refractivity (Wildman–Crippen MR) is 126 cm³/mol. The van der Waals surface area contributed by atoms with E-state index in [1.807, 2.05) is 55.5 Å². The third-order valence-corrected chi connectivity index (χ3v) is 5.70. The highest BCUT2D eigenvalue weighted by molar-refractivity contribution is 6.05. The molecule has 33 heavy (non-hydrogen) atoms. The number of benzene rings is 1. The molecular weight excluding hydrogens is 420 g/mol. The Kier molecular flexibility index (Phi) is 7.72. The van der Waals surface area contributed by atoms with E-state index < -0.39 is 6.10 Å². The van der Waals surface area contributed by atoms with E-state index in [2.05, 4.69) is 20.1 Å². The van der Waals surface area contributed by atoms with Crippen LogP contribution >= 0.6 is 0 Å². The summed E-state index contributed by atoms with van der Waals surface area (Å²) in [5, 5.41) is 13.2. The van der Waals surface area contributed by atoms with Crippen molar-refractivity contribution in [3.63, 3.8) is 0 Å². The lowest BCUT2D eigenvalue weighted by Crippen LogP contribution is -2.49. The Bertz CT molecular complexity index is 1020. The van der Waals surface area contributed by atoms with Gasteiger partial charge >= 0.3 is 0 Å². The van der Waals surface area contributed by atoms with Crippen molar-refractivity contribution >= 4 is 17.4 Å². The molecule has 8 heteroatoms. The monoisotopic (exact) mass is 450 g/mol. The second-order valence-corrected chi connectivity index (χ2v) is 8.21. The third kappa shape index (κ3) is 6.41. The zero-order valence-electron chi connectivity index (χ0n) is 18.8. The van der Waals surface area contributed by atoms with E-state index in [9.17, 15) is 9.90 Å². The molecule has 8 nitrogen and oxygen atoms in total. The number of pyridine rings is 1. The molecule has 1 atom stereocenters. The molecule has 3 aromatic rings. The molecule has 0 aliphatic carbocycles. The number of aliphatic hydroxyl groups is 1. The number of nitrogens with one attached hydrogen (secondary N) is 1. The van der Waals surface area contributed by atoms with Crippen molar-refractivity contribution < 1.29 is 19.1 Å². The van der Waals surface area contributed by atoms with Crippen molar-refractivity contribution in [3.05, 3.63) is 77.9 Å². The number of hydrogen-bond acceptors (Lipinski definition) is 7. The molecule has 0 saturated carbocycles. The topological polar surface area (TPSA) is 91.1 Å². The first-order valence-electron chi connectivity index (χ1n) is 11.2. The average molecular weight is 451 g/mol. The maximum Gasteiger partial charge on any atom is 0.255 e. The van der Waals surface area contributed by atoms with Crippen molar-refractivity contribution in [2.45, 2.75) is 19.6 Å². The van der Waals surface area contributed by atoms with E-state index in [1.165, 1.54) is 0 Å². The van der Waals surface area contributed by atoms with Crippen molar-refractivity contribution in [2.24, 2.45) is 0 Å². The van der Waals surface area contributed by atoms with Crippen LogP contribution in [0.3, 0.4) is 0 Å². The summed E-state index contributed by atoms with van der Waals surface area (Å²) in [6, 6.07) is 15.0. The van der Waals surface area contributed by atoms with Crippen LogP contribution < -0.4 is 10.2 Å². The molecule has 3 heterocycles. The summed E-state index contributed by atoms with van der Waals surface area (Å²) in [4.78, 5) is 21.5. The van der Waals surface area contributed by atoms with Crippen LogP contribution in [0.4, 0.5) is 11.5 Å². The summed E-state index contributed by atoms with van der Waals surface area (Å²) in [6.45, 7) is 6.45. The minimum absolute atomic E-state index is 0.136. The SMILES string of the molecule is Cc1ccccc1C(=O)Nc1ccc(N2CCN(CC(O)COCc3ccco3)CC2)nc1. The number of β-amino-alcohol motifs (C(OH)–C–C–N with tert-alkyl or cyclic N) is 1. The van der Waals surface area contributed by atoms with Crippen molar-refractivity contribution in [3.8, 4) is 0 Å². The summed E-state index contributed by atoms with van der Waals surface area (Å²) in [5.41, 5.74) is 2.27. The number of nitrogens with zero attached hydrogens (tertiary/aromatic N) is 3. The largest absolute Gasteiger partial charge is 0.467 e. The molecule has 1 aliphatic heterocycles. The van der Waals surface area contributed by atoms with E-state index in [0.29, 0.717) is 24.4 Å². The summed E-state index contributed by atoms with van der Waals surface area (Å²) >= 11 is 0. The van der Waals surface area contributed by atoms with Crippen molar-refractivity contribution in [1.29, 1.82) is 0 Å². The second-order valence-electron chi connectivity index (χ2n) is 8.21. The summed E-state index contributed by atoms with van der Waals surface area (Å²) in [5.74, 6) is 1.50. The van der Waals surface area contributed by atoms with Gasteiger partial charge in [0.05, 0.1) is 30.9 Å². The predicted octanol–water partition coefficient (Wildman–Crippen LogP) is 2.94. The maximum atomic E-state index is 12.5. The van der Waals surface area contributed by atoms with Crippen molar-refractivity contribution in [2.75, 3.05) is 49.5 Å². The van der Waals surface area contributed by atoms with Gasteiger partial charge in [0.25, 0.3) is 5.91 Å². The van der Waals surface area contributed by atoms with Gasteiger partial charge in [-0.25, -0.2) is 4.98 Å². The number of rotatable bonds is 9. The van der Waals surface area contributed by atoms with Crippen LogP contribution in [0.25, 0.3) is 0 Å². The Morgan fingerprint density at radius 1 is 1.15 bits per heavy atom. The van der Waals surface area contributed by atoms with E-state index in [4.69, 9.17) is 9.15 Å². The number of piperazine rings is 1. The zero-order valence-corrected chi connectivity index (χ0v) is 18.8.